The molecule has 0 bridgehead atoms. The first-order valence-corrected chi connectivity index (χ1v) is 3.18. The van der Waals surface area contributed by atoms with Gasteiger partial charge in [-0.25, -0.2) is 0 Å². The molecule has 0 aromatic heterocycles. The molecule has 56 valence electrons. The SMILES string of the molecule is C=CCC[C@H](C=C)C(=O)O. The van der Waals surface area contributed by atoms with E-state index in [4.69, 9.17) is 5.11 Å². The van der Waals surface area contributed by atoms with Gasteiger partial charge in [-0.1, -0.05) is 12.2 Å². The van der Waals surface area contributed by atoms with Gasteiger partial charge in [-0.05, 0) is 12.8 Å². The molecule has 0 spiro atoms. The second-order valence-corrected chi connectivity index (χ2v) is 2.05. The third-order valence-corrected chi connectivity index (χ3v) is 1.28. The maximum Gasteiger partial charge on any atom is 0.310 e. The first-order valence-electron chi connectivity index (χ1n) is 3.18. The largest absolute Gasteiger partial charge is 0.481 e. The van der Waals surface area contributed by atoms with E-state index < -0.39 is 11.9 Å². The van der Waals surface area contributed by atoms with Crippen molar-refractivity contribution < 1.29 is 9.90 Å². The molecule has 0 aromatic carbocycles. The van der Waals surface area contributed by atoms with Gasteiger partial charge in [-0.15, -0.1) is 13.2 Å². The summed E-state index contributed by atoms with van der Waals surface area (Å²) in [5.41, 5.74) is 0. The van der Waals surface area contributed by atoms with E-state index in [9.17, 15) is 4.79 Å². The number of aliphatic carboxylic acids is 1. The van der Waals surface area contributed by atoms with Crippen LogP contribution in [-0.2, 0) is 4.79 Å². The molecule has 0 aromatic rings. The van der Waals surface area contributed by atoms with E-state index >= 15 is 0 Å². The Morgan fingerprint density at radius 3 is 2.50 bits per heavy atom. The van der Waals surface area contributed by atoms with Crippen molar-refractivity contribution in [3.05, 3.63) is 25.3 Å². The summed E-state index contributed by atoms with van der Waals surface area (Å²) in [7, 11) is 0. The minimum absolute atomic E-state index is 0.419. The van der Waals surface area contributed by atoms with Crippen LogP contribution in [0.15, 0.2) is 25.3 Å². The fourth-order valence-electron chi connectivity index (χ4n) is 0.640. The number of carboxylic acid groups (broad SMARTS) is 1. The van der Waals surface area contributed by atoms with E-state index in [1.807, 2.05) is 0 Å². The van der Waals surface area contributed by atoms with Crippen LogP contribution in [0.1, 0.15) is 12.8 Å². The number of hydrogen-bond acceptors (Lipinski definition) is 1. The summed E-state index contributed by atoms with van der Waals surface area (Å²) in [6.45, 7) is 6.92. The fourth-order valence-corrected chi connectivity index (χ4v) is 0.640. The number of allylic oxidation sites excluding steroid dienone is 1. The van der Waals surface area contributed by atoms with Gasteiger partial charge >= 0.3 is 5.97 Å². The highest BCUT2D eigenvalue weighted by Gasteiger charge is 2.10. The van der Waals surface area contributed by atoms with Crippen LogP contribution in [0, 0.1) is 5.92 Å². The zero-order valence-electron chi connectivity index (χ0n) is 5.92. The van der Waals surface area contributed by atoms with Crippen LogP contribution in [0.2, 0.25) is 0 Å². The molecule has 0 radical (unpaired) electrons. The topological polar surface area (TPSA) is 37.3 Å². The molecule has 0 aliphatic rings. The maximum absolute atomic E-state index is 10.3. The molecular weight excluding hydrogens is 128 g/mol. The Morgan fingerprint density at radius 2 is 2.20 bits per heavy atom. The molecule has 0 unspecified atom stereocenters. The average molecular weight is 140 g/mol. The lowest BCUT2D eigenvalue weighted by Gasteiger charge is -2.02. The molecule has 0 aliphatic carbocycles. The fraction of sp³-hybridized carbons (Fsp3) is 0.375. The Morgan fingerprint density at radius 1 is 1.60 bits per heavy atom. The Hall–Kier alpha value is -1.05. The molecule has 0 aliphatic heterocycles. The van der Waals surface area contributed by atoms with Crippen molar-refractivity contribution in [3.63, 3.8) is 0 Å². The monoisotopic (exact) mass is 140 g/mol. The van der Waals surface area contributed by atoms with Gasteiger partial charge in [0, 0.05) is 0 Å². The van der Waals surface area contributed by atoms with Gasteiger partial charge in [-0.2, -0.15) is 0 Å². The lowest BCUT2D eigenvalue weighted by atomic mass is 10.0. The highest BCUT2D eigenvalue weighted by molar-refractivity contribution is 5.71. The molecular formula is C8H12O2. The van der Waals surface area contributed by atoms with Gasteiger partial charge in [0.05, 0.1) is 5.92 Å². The van der Waals surface area contributed by atoms with Crippen molar-refractivity contribution in [2.24, 2.45) is 5.92 Å². The van der Waals surface area contributed by atoms with Crippen LogP contribution in [0.25, 0.3) is 0 Å². The number of carboxylic acids is 1. The van der Waals surface area contributed by atoms with Crippen LogP contribution in [0.3, 0.4) is 0 Å². The normalized spacial score (nSPS) is 12.0. The van der Waals surface area contributed by atoms with Crippen LogP contribution in [-0.4, -0.2) is 11.1 Å². The first kappa shape index (κ1) is 8.95. The molecule has 1 N–H and O–H groups in total. The Balaban J connectivity index is 3.71. The van der Waals surface area contributed by atoms with E-state index in [1.165, 1.54) is 6.08 Å². The molecule has 0 fully saturated rings. The number of rotatable bonds is 5. The average Bonchev–Trinajstić information content (AvgIpc) is 1.89. The molecule has 0 rings (SSSR count). The molecule has 0 saturated heterocycles. The highest BCUT2D eigenvalue weighted by Crippen LogP contribution is 2.07. The predicted molar refractivity (Wildman–Crippen MR) is 40.8 cm³/mol. The summed E-state index contributed by atoms with van der Waals surface area (Å²) in [5.74, 6) is -1.23. The third kappa shape index (κ3) is 3.07. The molecule has 1 atom stereocenters. The van der Waals surface area contributed by atoms with Gasteiger partial charge < -0.3 is 5.11 Å². The zero-order chi connectivity index (χ0) is 7.98. The number of hydrogen-bond donors (Lipinski definition) is 1. The Bertz CT molecular complexity index is 138. The third-order valence-electron chi connectivity index (χ3n) is 1.28. The predicted octanol–water partition coefficient (Wildman–Crippen LogP) is 1.84. The van der Waals surface area contributed by atoms with Crippen molar-refractivity contribution in [2.45, 2.75) is 12.8 Å². The van der Waals surface area contributed by atoms with E-state index in [0.29, 0.717) is 6.42 Å². The lowest BCUT2D eigenvalue weighted by Crippen LogP contribution is -2.09. The van der Waals surface area contributed by atoms with Crippen LogP contribution in [0.5, 0.6) is 0 Å². The Kier molecular flexibility index (Phi) is 4.29. The van der Waals surface area contributed by atoms with Crippen molar-refractivity contribution in [1.29, 1.82) is 0 Å². The van der Waals surface area contributed by atoms with Crippen LogP contribution < -0.4 is 0 Å². The molecule has 0 amide bonds. The summed E-state index contributed by atoms with van der Waals surface area (Å²) < 4.78 is 0. The maximum atomic E-state index is 10.3. The molecule has 2 nitrogen and oxygen atoms in total. The second-order valence-electron chi connectivity index (χ2n) is 2.05. The van der Waals surface area contributed by atoms with E-state index in [-0.39, 0.29) is 0 Å². The Labute approximate surface area is 60.9 Å². The summed E-state index contributed by atoms with van der Waals surface area (Å²) in [6, 6.07) is 0. The summed E-state index contributed by atoms with van der Waals surface area (Å²) in [4.78, 5) is 10.3. The van der Waals surface area contributed by atoms with Gasteiger partial charge in [0.25, 0.3) is 0 Å². The van der Waals surface area contributed by atoms with E-state index in [0.717, 1.165) is 6.42 Å². The van der Waals surface area contributed by atoms with Crippen LogP contribution >= 0.6 is 0 Å². The summed E-state index contributed by atoms with van der Waals surface area (Å²) in [5, 5.41) is 8.49. The summed E-state index contributed by atoms with van der Waals surface area (Å²) >= 11 is 0. The number of carbonyl (C=O) groups is 1. The van der Waals surface area contributed by atoms with Gasteiger partial charge in [-0.3, -0.25) is 4.79 Å². The van der Waals surface area contributed by atoms with Crippen molar-refractivity contribution in [2.75, 3.05) is 0 Å². The molecule has 0 heterocycles. The first-order chi connectivity index (χ1) is 4.72. The van der Waals surface area contributed by atoms with Gasteiger partial charge in [0.15, 0.2) is 0 Å². The van der Waals surface area contributed by atoms with E-state index in [2.05, 4.69) is 13.2 Å². The second kappa shape index (κ2) is 4.79. The smallest absolute Gasteiger partial charge is 0.310 e. The molecule has 10 heavy (non-hydrogen) atoms. The van der Waals surface area contributed by atoms with Gasteiger partial charge in [0.2, 0.25) is 0 Å². The minimum atomic E-state index is -0.808. The van der Waals surface area contributed by atoms with Crippen molar-refractivity contribution in [3.8, 4) is 0 Å². The van der Waals surface area contributed by atoms with E-state index in [1.54, 1.807) is 6.08 Å². The zero-order valence-corrected chi connectivity index (χ0v) is 5.92. The van der Waals surface area contributed by atoms with Gasteiger partial charge in [0.1, 0.15) is 0 Å². The molecule has 0 saturated carbocycles. The van der Waals surface area contributed by atoms with Crippen molar-refractivity contribution in [1.82, 2.24) is 0 Å². The minimum Gasteiger partial charge on any atom is -0.481 e. The standard InChI is InChI=1S/C8H12O2/c1-3-5-6-7(4-2)8(9)10/h3-4,7H,1-2,5-6H2,(H,9,10)/t7-/m0/s1. The molecule has 2 heteroatoms. The quantitative estimate of drug-likeness (QED) is 0.591. The lowest BCUT2D eigenvalue weighted by molar-refractivity contribution is -0.140. The highest BCUT2D eigenvalue weighted by atomic mass is 16.4. The van der Waals surface area contributed by atoms with Crippen molar-refractivity contribution >= 4 is 5.97 Å². The summed E-state index contributed by atoms with van der Waals surface area (Å²) in [6.07, 6.45) is 4.48. The van der Waals surface area contributed by atoms with Crippen LogP contribution in [0.4, 0.5) is 0 Å².